The third kappa shape index (κ3) is 2.60. The highest BCUT2D eigenvalue weighted by atomic mass is 32.1. The summed E-state index contributed by atoms with van der Waals surface area (Å²) in [6, 6.07) is 4.10. The highest BCUT2D eigenvalue weighted by molar-refractivity contribution is 7.13. The molecule has 0 saturated heterocycles. The Hall–Kier alpha value is -1.89. The molecule has 0 radical (unpaired) electrons. The van der Waals surface area contributed by atoms with Gasteiger partial charge in [0.25, 0.3) is 0 Å². The summed E-state index contributed by atoms with van der Waals surface area (Å²) in [7, 11) is 0. The van der Waals surface area contributed by atoms with Crippen LogP contribution in [0.2, 0.25) is 0 Å². The molecule has 0 aliphatic heterocycles. The molecule has 2 heterocycles. The first-order valence-electron chi connectivity index (χ1n) is 5.16. The molecule has 7 heteroatoms. The van der Waals surface area contributed by atoms with Crippen molar-refractivity contribution in [2.75, 3.05) is 0 Å². The highest BCUT2D eigenvalue weighted by Gasteiger charge is 2.37. The van der Waals surface area contributed by atoms with E-state index in [4.69, 9.17) is 5.11 Å². The molecule has 0 atom stereocenters. The summed E-state index contributed by atoms with van der Waals surface area (Å²) in [5.41, 5.74) is -1.99. The van der Waals surface area contributed by atoms with Gasteiger partial charge in [0.2, 0.25) is 0 Å². The normalized spacial score (nSPS) is 11.6. The Morgan fingerprint density at radius 3 is 2.58 bits per heavy atom. The number of carbonyl (C=O) groups is 1. The molecule has 0 aromatic carbocycles. The number of nitrogens with zero attached hydrogens (tertiary/aromatic N) is 1. The lowest BCUT2D eigenvalue weighted by molar-refractivity contribution is -0.138. The van der Waals surface area contributed by atoms with Crippen molar-refractivity contribution in [3.63, 3.8) is 0 Å². The summed E-state index contributed by atoms with van der Waals surface area (Å²) in [5, 5.41) is 10.6. The van der Waals surface area contributed by atoms with E-state index in [1.807, 2.05) is 0 Å². The maximum absolute atomic E-state index is 12.9. The molecule has 0 fully saturated rings. The summed E-state index contributed by atoms with van der Waals surface area (Å²) in [6.45, 7) is 1.26. The van der Waals surface area contributed by atoms with Crippen LogP contribution in [-0.4, -0.2) is 16.1 Å². The number of carboxylic acids is 1. The summed E-state index contributed by atoms with van der Waals surface area (Å²) in [4.78, 5) is 15.5. The molecule has 0 aliphatic carbocycles. The SMILES string of the molecule is Cc1nc(-c2cccs2)cc(C(F)(F)F)c1C(=O)O. The monoisotopic (exact) mass is 287 g/mol. The van der Waals surface area contributed by atoms with Crippen LogP contribution in [0.1, 0.15) is 21.6 Å². The Morgan fingerprint density at radius 2 is 2.11 bits per heavy atom. The first kappa shape index (κ1) is 13.5. The molecule has 3 nitrogen and oxygen atoms in total. The van der Waals surface area contributed by atoms with Crippen LogP contribution in [-0.2, 0) is 6.18 Å². The van der Waals surface area contributed by atoms with E-state index in [9.17, 15) is 18.0 Å². The van der Waals surface area contributed by atoms with Crippen molar-refractivity contribution >= 4 is 17.3 Å². The number of thiophene rings is 1. The van der Waals surface area contributed by atoms with Gasteiger partial charge in [0.05, 0.1) is 27.4 Å². The molecule has 0 amide bonds. The van der Waals surface area contributed by atoms with Crippen LogP contribution in [0.4, 0.5) is 13.2 Å². The average Bonchev–Trinajstić information content (AvgIpc) is 2.79. The lowest BCUT2D eigenvalue weighted by Gasteiger charge is -2.13. The zero-order valence-corrected chi connectivity index (χ0v) is 10.5. The molecule has 0 aliphatic rings. The lowest BCUT2D eigenvalue weighted by Crippen LogP contribution is -2.16. The van der Waals surface area contributed by atoms with E-state index in [-0.39, 0.29) is 11.4 Å². The molecule has 1 N–H and O–H groups in total. The number of alkyl halides is 3. The standard InChI is InChI=1S/C12H8F3NO2S/c1-6-10(11(17)18)7(12(13,14)15)5-8(16-6)9-3-2-4-19-9/h2-5H,1H3,(H,17,18). The number of carboxylic acid groups (broad SMARTS) is 1. The maximum Gasteiger partial charge on any atom is 0.417 e. The number of pyridine rings is 1. The van der Waals surface area contributed by atoms with Gasteiger partial charge in [-0.2, -0.15) is 13.2 Å². The fourth-order valence-corrected chi connectivity index (χ4v) is 2.40. The molecule has 2 aromatic rings. The largest absolute Gasteiger partial charge is 0.478 e. The number of aryl methyl sites for hydroxylation is 1. The van der Waals surface area contributed by atoms with Gasteiger partial charge in [-0.3, -0.25) is 4.98 Å². The quantitative estimate of drug-likeness (QED) is 0.913. The van der Waals surface area contributed by atoms with Crippen LogP contribution in [0, 0.1) is 6.92 Å². The first-order valence-corrected chi connectivity index (χ1v) is 6.04. The van der Waals surface area contributed by atoms with Gasteiger partial charge in [-0.05, 0) is 24.4 Å². The molecule has 0 saturated carbocycles. The van der Waals surface area contributed by atoms with E-state index in [0.29, 0.717) is 4.88 Å². The first-order chi connectivity index (χ1) is 8.80. The van der Waals surface area contributed by atoms with E-state index in [0.717, 1.165) is 6.07 Å². The van der Waals surface area contributed by atoms with Crippen molar-refractivity contribution < 1.29 is 23.1 Å². The summed E-state index contributed by atoms with van der Waals surface area (Å²) in [5.74, 6) is -1.63. The molecule has 19 heavy (non-hydrogen) atoms. The van der Waals surface area contributed by atoms with Crippen LogP contribution >= 0.6 is 11.3 Å². The van der Waals surface area contributed by atoms with Crippen LogP contribution in [0.3, 0.4) is 0 Å². The second-order valence-corrected chi connectivity index (χ2v) is 4.74. The van der Waals surface area contributed by atoms with Crippen molar-refractivity contribution in [3.8, 4) is 10.6 Å². The van der Waals surface area contributed by atoms with Gasteiger partial charge >= 0.3 is 12.1 Å². The van der Waals surface area contributed by atoms with E-state index in [1.54, 1.807) is 17.5 Å². The van der Waals surface area contributed by atoms with Crippen LogP contribution < -0.4 is 0 Å². The molecule has 0 spiro atoms. The van der Waals surface area contributed by atoms with E-state index in [2.05, 4.69) is 4.98 Å². The van der Waals surface area contributed by atoms with Gasteiger partial charge in [-0.15, -0.1) is 11.3 Å². The van der Waals surface area contributed by atoms with Crippen LogP contribution in [0.5, 0.6) is 0 Å². The molecule has 100 valence electrons. The molecular weight excluding hydrogens is 279 g/mol. The van der Waals surface area contributed by atoms with Crippen molar-refractivity contribution in [3.05, 3.63) is 40.4 Å². The Kier molecular flexibility index (Phi) is 3.32. The number of rotatable bonds is 2. The minimum atomic E-state index is -4.73. The van der Waals surface area contributed by atoms with Gasteiger partial charge in [0.1, 0.15) is 0 Å². The van der Waals surface area contributed by atoms with E-state index >= 15 is 0 Å². The zero-order chi connectivity index (χ0) is 14.2. The Morgan fingerprint density at radius 1 is 1.42 bits per heavy atom. The van der Waals surface area contributed by atoms with Gasteiger partial charge in [-0.1, -0.05) is 6.07 Å². The fraction of sp³-hybridized carbons (Fsp3) is 0.167. The van der Waals surface area contributed by atoms with Gasteiger partial charge in [0.15, 0.2) is 0 Å². The van der Waals surface area contributed by atoms with Crippen molar-refractivity contribution in [2.24, 2.45) is 0 Å². The van der Waals surface area contributed by atoms with Crippen molar-refractivity contribution in [1.82, 2.24) is 4.98 Å². The molecule has 0 unspecified atom stereocenters. The fourth-order valence-electron chi connectivity index (χ4n) is 1.72. The second-order valence-electron chi connectivity index (χ2n) is 3.80. The van der Waals surface area contributed by atoms with E-state index in [1.165, 1.54) is 18.3 Å². The number of aromatic nitrogens is 1. The molecule has 2 rings (SSSR count). The Balaban J connectivity index is 2.71. The molecule has 0 bridgehead atoms. The third-order valence-corrected chi connectivity index (χ3v) is 3.39. The van der Waals surface area contributed by atoms with Crippen molar-refractivity contribution in [1.29, 1.82) is 0 Å². The predicted molar refractivity (Wildman–Crippen MR) is 64.2 cm³/mol. The van der Waals surface area contributed by atoms with Gasteiger partial charge in [-0.25, -0.2) is 4.79 Å². The van der Waals surface area contributed by atoms with Gasteiger partial charge in [0, 0.05) is 0 Å². The third-order valence-electron chi connectivity index (χ3n) is 2.49. The van der Waals surface area contributed by atoms with Crippen LogP contribution in [0.15, 0.2) is 23.6 Å². The Labute approximate surface area is 110 Å². The predicted octanol–water partition coefficient (Wildman–Crippen LogP) is 3.84. The average molecular weight is 287 g/mol. The second kappa shape index (κ2) is 4.65. The minimum Gasteiger partial charge on any atom is -0.478 e. The molecule has 2 aromatic heterocycles. The van der Waals surface area contributed by atoms with Gasteiger partial charge < -0.3 is 5.11 Å². The number of hydrogen-bond acceptors (Lipinski definition) is 3. The van der Waals surface area contributed by atoms with Crippen molar-refractivity contribution in [2.45, 2.75) is 13.1 Å². The summed E-state index contributed by atoms with van der Waals surface area (Å²) < 4.78 is 38.8. The Bertz CT molecular complexity index is 621. The van der Waals surface area contributed by atoms with E-state index < -0.39 is 23.3 Å². The highest BCUT2D eigenvalue weighted by Crippen LogP contribution is 2.36. The zero-order valence-electron chi connectivity index (χ0n) is 9.65. The topological polar surface area (TPSA) is 50.2 Å². The molecular formula is C12H8F3NO2S. The van der Waals surface area contributed by atoms with Crippen LogP contribution in [0.25, 0.3) is 10.6 Å². The lowest BCUT2D eigenvalue weighted by atomic mass is 10.0. The smallest absolute Gasteiger partial charge is 0.417 e. The summed E-state index contributed by atoms with van der Waals surface area (Å²) >= 11 is 1.24. The maximum atomic E-state index is 12.9. The number of hydrogen-bond donors (Lipinski definition) is 1. The minimum absolute atomic E-state index is 0.129. The summed E-state index contributed by atoms with van der Waals surface area (Å²) in [6.07, 6.45) is -4.73. The number of aromatic carboxylic acids is 1. The number of halogens is 3.